The van der Waals surface area contributed by atoms with Crippen molar-refractivity contribution < 1.29 is 0 Å². The molecule has 0 radical (unpaired) electrons. The van der Waals surface area contributed by atoms with Gasteiger partial charge in [-0.25, -0.2) is 4.98 Å². The van der Waals surface area contributed by atoms with E-state index in [1.807, 2.05) is 17.9 Å². The summed E-state index contributed by atoms with van der Waals surface area (Å²) >= 11 is 0. The molecule has 0 amide bonds. The molecule has 0 unspecified atom stereocenters. The molecule has 1 heterocycles. The number of rotatable bonds is 6. The molecule has 0 spiro atoms. The number of hydrogen-bond acceptors (Lipinski definition) is 3. The summed E-state index contributed by atoms with van der Waals surface area (Å²) in [5.41, 5.74) is 1.14. The van der Waals surface area contributed by atoms with Crippen molar-refractivity contribution in [2.75, 3.05) is 20.1 Å². The van der Waals surface area contributed by atoms with Crippen LogP contribution in [0.3, 0.4) is 0 Å². The van der Waals surface area contributed by atoms with Crippen LogP contribution >= 0.6 is 0 Å². The maximum absolute atomic E-state index is 4.31. The second-order valence-electron chi connectivity index (χ2n) is 4.50. The van der Waals surface area contributed by atoms with E-state index in [0.717, 1.165) is 31.4 Å². The van der Waals surface area contributed by atoms with Gasteiger partial charge in [0.1, 0.15) is 0 Å². The first-order valence-electron chi connectivity index (χ1n) is 5.63. The van der Waals surface area contributed by atoms with Crippen molar-refractivity contribution in [1.29, 1.82) is 0 Å². The molecule has 1 aromatic heterocycles. The van der Waals surface area contributed by atoms with Crippen LogP contribution in [0.4, 0.5) is 0 Å². The molecule has 1 aliphatic carbocycles. The minimum atomic E-state index is 0.813. The molecule has 0 bridgehead atoms. The van der Waals surface area contributed by atoms with E-state index in [2.05, 4.69) is 28.4 Å². The first kappa shape index (κ1) is 10.6. The molecule has 4 nitrogen and oxygen atoms in total. The van der Waals surface area contributed by atoms with E-state index in [1.54, 1.807) is 0 Å². The average molecular weight is 208 g/mol. The molecule has 4 heteroatoms. The standard InChI is InChI=1S/C11H20N4/c1-14(6-5-12-10-3-4-10)7-11-8-15(2)9-13-11/h8-10,12H,3-7H2,1-2H3. The van der Waals surface area contributed by atoms with Gasteiger partial charge in [-0.2, -0.15) is 0 Å². The zero-order valence-electron chi connectivity index (χ0n) is 9.61. The zero-order chi connectivity index (χ0) is 10.7. The van der Waals surface area contributed by atoms with Gasteiger partial charge < -0.3 is 9.88 Å². The Morgan fingerprint density at radius 1 is 1.60 bits per heavy atom. The van der Waals surface area contributed by atoms with Crippen molar-refractivity contribution in [3.8, 4) is 0 Å². The lowest BCUT2D eigenvalue weighted by molar-refractivity contribution is 0.320. The average Bonchev–Trinajstić information content (AvgIpc) is 2.91. The number of imidazole rings is 1. The van der Waals surface area contributed by atoms with Crippen LogP contribution in [0.1, 0.15) is 18.5 Å². The first-order valence-corrected chi connectivity index (χ1v) is 5.63. The van der Waals surface area contributed by atoms with Crippen molar-refractivity contribution in [3.05, 3.63) is 18.2 Å². The van der Waals surface area contributed by atoms with Crippen LogP contribution in [0.15, 0.2) is 12.5 Å². The fourth-order valence-corrected chi connectivity index (χ4v) is 1.65. The number of aryl methyl sites for hydroxylation is 1. The van der Waals surface area contributed by atoms with Gasteiger partial charge in [-0.15, -0.1) is 0 Å². The molecule has 1 aliphatic rings. The van der Waals surface area contributed by atoms with Crippen LogP contribution in [0, 0.1) is 0 Å². The Kier molecular flexibility index (Phi) is 3.38. The molecular weight excluding hydrogens is 188 g/mol. The number of nitrogens with one attached hydrogen (secondary N) is 1. The molecule has 2 rings (SSSR count). The lowest BCUT2D eigenvalue weighted by atomic mass is 10.4. The highest BCUT2D eigenvalue weighted by Gasteiger charge is 2.19. The predicted octanol–water partition coefficient (Wildman–Crippen LogP) is 0.604. The number of nitrogens with zero attached hydrogens (tertiary/aromatic N) is 3. The van der Waals surface area contributed by atoms with Gasteiger partial charge in [0.15, 0.2) is 0 Å². The normalized spacial score (nSPS) is 16.2. The molecule has 15 heavy (non-hydrogen) atoms. The quantitative estimate of drug-likeness (QED) is 0.743. The van der Waals surface area contributed by atoms with E-state index in [4.69, 9.17) is 0 Å². The smallest absolute Gasteiger partial charge is 0.0947 e. The van der Waals surface area contributed by atoms with Crippen LogP contribution in [-0.2, 0) is 13.6 Å². The molecule has 84 valence electrons. The topological polar surface area (TPSA) is 33.1 Å². The fourth-order valence-electron chi connectivity index (χ4n) is 1.65. The van der Waals surface area contributed by atoms with Crippen molar-refractivity contribution in [1.82, 2.24) is 19.8 Å². The van der Waals surface area contributed by atoms with E-state index in [9.17, 15) is 0 Å². The van der Waals surface area contributed by atoms with Gasteiger partial charge in [0, 0.05) is 38.9 Å². The Labute approximate surface area is 91.3 Å². The summed E-state index contributed by atoms with van der Waals surface area (Å²) in [4.78, 5) is 6.62. The zero-order valence-corrected chi connectivity index (χ0v) is 9.61. The summed E-state index contributed by atoms with van der Waals surface area (Å²) in [6.45, 7) is 3.12. The van der Waals surface area contributed by atoms with Gasteiger partial charge in [0.05, 0.1) is 12.0 Å². The summed E-state index contributed by atoms with van der Waals surface area (Å²) in [6.07, 6.45) is 6.66. The minimum Gasteiger partial charge on any atom is -0.340 e. The monoisotopic (exact) mass is 208 g/mol. The Balaban J connectivity index is 1.64. The molecule has 1 N–H and O–H groups in total. The second-order valence-corrected chi connectivity index (χ2v) is 4.50. The van der Waals surface area contributed by atoms with Crippen LogP contribution in [-0.4, -0.2) is 40.6 Å². The molecule has 1 saturated carbocycles. The fraction of sp³-hybridized carbons (Fsp3) is 0.727. The molecular formula is C11H20N4. The number of aromatic nitrogens is 2. The van der Waals surface area contributed by atoms with Crippen LogP contribution in [0.25, 0.3) is 0 Å². The van der Waals surface area contributed by atoms with Gasteiger partial charge in [-0.05, 0) is 19.9 Å². The number of likely N-dealkylation sites (N-methyl/N-ethyl adjacent to an activating group) is 1. The Morgan fingerprint density at radius 3 is 3.00 bits per heavy atom. The molecule has 1 fully saturated rings. The lowest BCUT2D eigenvalue weighted by Gasteiger charge is -2.15. The van der Waals surface area contributed by atoms with Crippen LogP contribution in [0.2, 0.25) is 0 Å². The Hall–Kier alpha value is -0.870. The minimum absolute atomic E-state index is 0.813. The van der Waals surface area contributed by atoms with Crippen molar-refractivity contribution >= 4 is 0 Å². The summed E-state index contributed by atoms with van der Waals surface area (Å²) in [7, 11) is 4.15. The molecule has 0 saturated heterocycles. The third-order valence-corrected chi connectivity index (χ3v) is 2.69. The molecule has 0 aliphatic heterocycles. The predicted molar refractivity (Wildman–Crippen MR) is 60.6 cm³/mol. The van der Waals surface area contributed by atoms with Gasteiger partial charge in [-0.3, -0.25) is 4.90 Å². The van der Waals surface area contributed by atoms with Crippen molar-refractivity contribution in [2.24, 2.45) is 7.05 Å². The third-order valence-electron chi connectivity index (χ3n) is 2.69. The van der Waals surface area contributed by atoms with Crippen molar-refractivity contribution in [2.45, 2.75) is 25.4 Å². The maximum Gasteiger partial charge on any atom is 0.0947 e. The van der Waals surface area contributed by atoms with Gasteiger partial charge >= 0.3 is 0 Å². The maximum atomic E-state index is 4.31. The first-order chi connectivity index (χ1) is 7.24. The largest absolute Gasteiger partial charge is 0.340 e. The second kappa shape index (κ2) is 4.77. The number of hydrogen-bond donors (Lipinski definition) is 1. The van der Waals surface area contributed by atoms with E-state index in [0.29, 0.717) is 0 Å². The van der Waals surface area contributed by atoms with Gasteiger partial charge in [-0.1, -0.05) is 0 Å². The highest BCUT2D eigenvalue weighted by atomic mass is 15.1. The van der Waals surface area contributed by atoms with E-state index in [1.165, 1.54) is 12.8 Å². The van der Waals surface area contributed by atoms with Gasteiger partial charge in [0.25, 0.3) is 0 Å². The summed E-state index contributed by atoms with van der Waals surface area (Å²) in [5.74, 6) is 0. The molecule has 0 atom stereocenters. The van der Waals surface area contributed by atoms with Crippen LogP contribution in [0.5, 0.6) is 0 Å². The van der Waals surface area contributed by atoms with E-state index in [-0.39, 0.29) is 0 Å². The molecule has 0 aromatic carbocycles. The Morgan fingerprint density at radius 2 is 2.40 bits per heavy atom. The lowest BCUT2D eigenvalue weighted by Crippen LogP contribution is -2.30. The van der Waals surface area contributed by atoms with Crippen molar-refractivity contribution in [3.63, 3.8) is 0 Å². The summed E-state index contributed by atoms with van der Waals surface area (Å²) < 4.78 is 1.99. The van der Waals surface area contributed by atoms with E-state index >= 15 is 0 Å². The van der Waals surface area contributed by atoms with Crippen LogP contribution < -0.4 is 5.32 Å². The summed E-state index contributed by atoms with van der Waals surface area (Å²) in [5, 5.41) is 3.51. The Bertz CT molecular complexity index is 303. The highest BCUT2D eigenvalue weighted by molar-refractivity contribution is 4.95. The van der Waals surface area contributed by atoms with Gasteiger partial charge in [0.2, 0.25) is 0 Å². The summed E-state index contributed by atoms with van der Waals surface area (Å²) in [6, 6.07) is 0.813. The van der Waals surface area contributed by atoms with E-state index < -0.39 is 0 Å². The SMILES string of the molecule is CN(CCNC1CC1)Cc1cn(C)cn1. The highest BCUT2D eigenvalue weighted by Crippen LogP contribution is 2.17. The molecule has 1 aromatic rings. The third kappa shape index (κ3) is 3.64.